The highest BCUT2D eigenvalue weighted by Gasteiger charge is 2.23. The van der Waals surface area contributed by atoms with E-state index in [0.29, 0.717) is 37.3 Å². The van der Waals surface area contributed by atoms with Crippen molar-refractivity contribution in [2.24, 2.45) is 0 Å². The van der Waals surface area contributed by atoms with E-state index in [1.165, 1.54) is 21.8 Å². The molecule has 0 radical (unpaired) electrons. The number of fused-ring (bicyclic) bond motifs is 3. The van der Waals surface area contributed by atoms with Gasteiger partial charge >= 0.3 is 0 Å². The van der Waals surface area contributed by atoms with E-state index in [2.05, 4.69) is 10.3 Å². The SMILES string of the molecule is O=C(Cn1cnc2sc3c(c2c1=O)CCCC3)NCCC(=O)N1CCN(c2ccccc2F)CC1. The van der Waals surface area contributed by atoms with Gasteiger partial charge in [-0.2, -0.15) is 0 Å². The summed E-state index contributed by atoms with van der Waals surface area (Å²) in [5.74, 6) is -0.638. The molecular formula is C25H28FN5O3S. The molecule has 0 unspecified atom stereocenters. The first-order valence-electron chi connectivity index (χ1n) is 12.0. The molecule has 1 saturated heterocycles. The summed E-state index contributed by atoms with van der Waals surface area (Å²) in [6.45, 7) is 2.21. The molecule has 1 aliphatic heterocycles. The van der Waals surface area contributed by atoms with Crippen LogP contribution in [0.3, 0.4) is 0 Å². The second-order valence-corrected chi connectivity index (χ2v) is 10.1. The maximum atomic E-state index is 14.0. The van der Waals surface area contributed by atoms with Crippen LogP contribution in [-0.2, 0) is 29.0 Å². The fourth-order valence-corrected chi connectivity index (χ4v) is 6.10. The lowest BCUT2D eigenvalue weighted by Crippen LogP contribution is -2.49. The lowest BCUT2D eigenvalue weighted by atomic mass is 9.97. The zero-order valence-electron chi connectivity index (χ0n) is 19.5. The molecule has 1 aromatic carbocycles. The Labute approximate surface area is 206 Å². The lowest BCUT2D eigenvalue weighted by molar-refractivity contribution is -0.131. The van der Waals surface area contributed by atoms with Crippen LogP contribution in [0.25, 0.3) is 10.2 Å². The van der Waals surface area contributed by atoms with E-state index in [0.717, 1.165) is 36.1 Å². The zero-order chi connectivity index (χ0) is 24.4. The van der Waals surface area contributed by atoms with Crippen molar-refractivity contribution in [3.8, 4) is 0 Å². The van der Waals surface area contributed by atoms with E-state index in [1.807, 2.05) is 4.90 Å². The molecule has 0 bridgehead atoms. The van der Waals surface area contributed by atoms with Crippen LogP contribution in [0.1, 0.15) is 29.7 Å². The molecule has 1 fully saturated rings. The van der Waals surface area contributed by atoms with Gasteiger partial charge in [-0.05, 0) is 43.4 Å². The molecule has 0 saturated carbocycles. The fraction of sp³-hybridized carbons (Fsp3) is 0.440. The summed E-state index contributed by atoms with van der Waals surface area (Å²) in [4.78, 5) is 48.1. The van der Waals surface area contributed by atoms with Crippen molar-refractivity contribution in [2.45, 2.75) is 38.6 Å². The largest absolute Gasteiger partial charge is 0.366 e. The summed E-state index contributed by atoms with van der Waals surface area (Å²) in [7, 11) is 0. The number of benzene rings is 1. The van der Waals surface area contributed by atoms with Gasteiger partial charge in [0, 0.05) is 44.0 Å². The van der Waals surface area contributed by atoms with Gasteiger partial charge in [0.2, 0.25) is 11.8 Å². The number of hydrogen-bond acceptors (Lipinski definition) is 6. The topological polar surface area (TPSA) is 87.5 Å². The average Bonchev–Trinajstić information content (AvgIpc) is 3.25. The van der Waals surface area contributed by atoms with Crippen LogP contribution >= 0.6 is 11.3 Å². The third-order valence-electron chi connectivity index (χ3n) is 6.74. The zero-order valence-corrected chi connectivity index (χ0v) is 20.3. The first kappa shape index (κ1) is 23.5. The average molecular weight is 498 g/mol. The van der Waals surface area contributed by atoms with Crippen molar-refractivity contribution >= 4 is 39.1 Å². The second kappa shape index (κ2) is 10.2. The van der Waals surface area contributed by atoms with Crippen LogP contribution in [0, 0.1) is 5.82 Å². The van der Waals surface area contributed by atoms with Crippen LogP contribution in [-0.4, -0.2) is 59.0 Å². The Bertz CT molecular complexity index is 1310. The molecule has 35 heavy (non-hydrogen) atoms. The number of aryl methyl sites for hydroxylation is 2. The summed E-state index contributed by atoms with van der Waals surface area (Å²) >= 11 is 1.58. The quantitative estimate of drug-likeness (QED) is 0.565. The summed E-state index contributed by atoms with van der Waals surface area (Å²) in [6, 6.07) is 6.64. The van der Waals surface area contributed by atoms with Gasteiger partial charge < -0.3 is 15.1 Å². The highest BCUT2D eigenvalue weighted by molar-refractivity contribution is 7.18. The van der Waals surface area contributed by atoms with Crippen molar-refractivity contribution in [3.63, 3.8) is 0 Å². The van der Waals surface area contributed by atoms with Gasteiger partial charge in [-0.1, -0.05) is 12.1 Å². The van der Waals surface area contributed by atoms with Crippen molar-refractivity contribution < 1.29 is 14.0 Å². The molecule has 10 heteroatoms. The number of halogens is 1. The number of piperazine rings is 1. The predicted molar refractivity (Wildman–Crippen MR) is 133 cm³/mol. The number of para-hydroxylation sites is 1. The maximum Gasteiger partial charge on any atom is 0.262 e. The van der Waals surface area contributed by atoms with E-state index in [9.17, 15) is 18.8 Å². The summed E-state index contributed by atoms with van der Waals surface area (Å²) in [6.07, 6.45) is 5.69. The fourth-order valence-electron chi connectivity index (χ4n) is 4.88. The number of nitrogens with one attached hydrogen (secondary N) is 1. The molecule has 184 valence electrons. The van der Waals surface area contributed by atoms with Crippen LogP contribution in [0.2, 0.25) is 0 Å². The Morgan fingerprint density at radius 1 is 1.09 bits per heavy atom. The lowest BCUT2D eigenvalue weighted by Gasteiger charge is -2.36. The summed E-state index contributed by atoms with van der Waals surface area (Å²) in [5, 5.41) is 3.40. The van der Waals surface area contributed by atoms with E-state index in [-0.39, 0.29) is 42.7 Å². The molecule has 1 aliphatic carbocycles. The Morgan fingerprint density at radius 3 is 2.66 bits per heavy atom. The molecule has 1 N–H and O–H groups in total. The van der Waals surface area contributed by atoms with Crippen molar-refractivity contribution in [3.05, 3.63) is 57.2 Å². The smallest absolute Gasteiger partial charge is 0.262 e. The molecule has 2 amide bonds. The molecule has 3 aromatic rings. The number of thiophene rings is 1. The van der Waals surface area contributed by atoms with Gasteiger partial charge in [0.25, 0.3) is 5.56 Å². The van der Waals surface area contributed by atoms with Crippen LogP contribution in [0.15, 0.2) is 35.4 Å². The van der Waals surface area contributed by atoms with Gasteiger partial charge in [0.15, 0.2) is 0 Å². The molecule has 0 atom stereocenters. The van der Waals surface area contributed by atoms with E-state index < -0.39 is 0 Å². The molecule has 0 spiro atoms. The number of anilines is 1. The predicted octanol–water partition coefficient (Wildman–Crippen LogP) is 2.33. The van der Waals surface area contributed by atoms with Crippen LogP contribution in [0.5, 0.6) is 0 Å². The molecule has 3 heterocycles. The van der Waals surface area contributed by atoms with Gasteiger partial charge in [-0.3, -0.25) is 19.0 Å². The number of nitrogens with zero attached hydrogens (tertiary/aromatic N) is 4. The second-order valence-electron chi connectivity index (χ2n) is 8.99. The third-order valence-corrected chi connectivity index (χ3v) is 7.94. The highest BCUT2D eigenvalue weighted by atomic mass is 32.1. The minimum absolute atomic E-state index is 0.0522. The Kier molecular flexibility index (Phi) is 6.81. The highest BCUT2D eigenvalue weighted by Crippen LogP contribution is 2.33. The van der Waals surface area contributed by atoms with Gasteiger partial charge in [0.05, 0.1) is 17.4 Å². The van der Waals surface area contributed by atoms with Crippen LogP contribution < -0.4 is 15.8 Å². The van der Waals surface area contributed by atoms with E-state index in [4.69, 9.17) is 0 Å². The Balaban J connectivity index is 1.11. The monoisotopic (exact) mass is 497 g/mol. The van der Waals surface area contributed by atoms with E-state index >= 15 is 0 Å². The minimum atomic E-state index is -0.325. The maximum absolute atomic E-state index is 14.0. The molecule has 8 nitrogen and oxygen atoms in total. The van der Waals surface area contributed by atoms with Crippen molar-refractivity contribution in [1.29, 1.82) is 0 Å². The van der Waals surface area contributed by atoms with Crippen LogP contribution in [0.4, 0.5) is 10.1 Å². The number of hydrogen-bond donors (Lipinski definition) is 1. The third kappa shape index (κ3) is 4.93. The first-order valence-corrected chi connectivity index (χ1v) is 12.9. The number of aromatic nitrogens is 2. The first-order chi connectivity index (χ1) is 17.0. The number of amides is 2. The minimum Gasteiger partial charge on any atom is -0.366 e. The number of carbonyl (C=O) groups excluding carboxylic acids is 2. The number of carbonyl (C=O) groups is 2. The molecule has 2 aromatic heterocycles. The Hall–Kier alpha value is -3.27. The Morgan fingerprint density at radius 2 is 1.86 bits per heavy atom. The van der Waals surface area contributed by atoms with Crippen molar-refractivity contribution in [2.75, 3.05) is 37.6 Å². The standard InChI is InChI=1S/C25H28FN5O3S/c26-18-6-2-3-7-19(18)29-11-13-30(14-12-29)22(33)9-10-27-21(32)15-31-16-28-24-23(25(31)34)17-5-1-4-8-20(17)35-24/h2-3,6-7,16H,1,4-5,8-15H2,(H,27,32). The van der Waals surface area contributed by atoms with Crippen molar-refractivity contribution in [1.82, 2.24) is 19.8 Å². The van der Waals surface area contributed by atoms with E-state index in [1.54, 1.807) is 34.4 Å². The van der Waals surface area contributed by atoms with Gasteiger partial charge in [-0.25, -0.2) is 9.37 Å². The summed E-state index contributed by atoms with van der Waals surface area (Å²) < 4.78 is 15.4. The molecule has 5 rings (SSSR count). The van der Waals surface area contributed by atoms with Gasteiger partial charge in [0.1, 0.15) is 17.2 Å². The van der Waals surface area contributed by atoms with Gasteiger partial charge in [-0.15, -0.1) is 11.3 Å². The summed E-state index contributed by atoms with van der Waals surface area (Å²) in [5.41, 5.74) is 1.48. The molecular weight excluding hydrogens is 469 g/mol. The normalized spacial score (nSPS) is 15.8. The number of rotatable bonds is 6. The molecule has 2 aliphatic rings.